The molecule has 0 aliphatic carbocycles. The molecule has 1 aliphatic heterocycles. The third-order valence-electron chi connectivity index (χ3n) is 3.86. The first-order valence-electron chi connectivity index (χ1n) is 6.66. The molecule has 98 valence electrons. The highest BCUT2D eigenvalue weighted by molar-refractivity contribution is 5.61. The summed E-state index contributed by atoms with van der Waals surface area (Å²) < 4.78 is 12.9. The minimum absolute atomic E-state index is 0.180. The van der Waals surface area contributed by atoms with Crippen molar-refractivity contribution in [2.45, 2.75) is 25.7 Å². The van der Waals surface area contributed by atoms with E-state index in [1.165, 1.54) is 28.9 Å². The van der Waals surface area contributed by atoms with Gasteiger partial charge in [0.2, 0.25) is 0 Å². The molecule has 0 saturated carbocycles. The van der Waals surface area contributed by atoms with Crippen molar-refractivity contribution in [3.05, 3.63) is 65.0 Å². The molecule has 0 spiro atoms. The van der Waals surface area contributed by atoms with E-state index in [0.29, 0.717) is 0 Å². The maximum absolute atomic E-state index is 12.9. The molecule has 0 saturated heterocycles. The molecule has 2 aromatic rings. The monoisotopic (exact) mass is 255 g/mol. The zero-order chi connectivity index (χ0) is 13.5. The molecule has 3 rings (SSSR count). The van der Waals surface area contributed by atoms with Crippen molar-refractivity contribution in [2.24, 2.45) is 0 Å². The van der Waals surface area contributed by atoms with E-state index >= 15 is 0 Å². The Balaban J connectivity index is 1.86. The van der Waals surface area contributed by atoms with Gasteiger partial charge in [-0.05, 0) is 41.3 Å². The quantitative estimate of drug-likeness (QED) is 0.851. The van der Waals surface area contributed by atoms with Gasteiger partial charge in [-0.3, -0.25) is 0 Å². The minimum atomic E-state index is -0.180. The van der Waals surface area contributed by atoms with Gasteiger partial charge < -0.3 is 5.32 Å². The summed E-state index contributed by atoms with van der Waals surface area (Å²) in [6, 6.07) is 13.3. The van der Waals surface area contributed by atoms with Crippen LogP contribution in [0.15, 0.2) is 42.5 Å². The molecule has 19 heavy (non-hydrogen) atoms. The smallest absolute Gasteiger partial charge is 0.123 e. The Hall–Kier alpha value is -1.83. The van der Waals surface area contributed by atoms with E-state index in [-0.39, 0.29) is 11.2 Å². The molecule has 0 amide bonds. The molecule has 1 aliphatic rings. The Morgan fingerprint density at radius 3 is 2.47 bits per heavy atom. The van der Waals surface area contributed by atoms with Gasteiger partial charge in [0.1, 0.15) is 5.82 Å². The summed E-state index contributed by atoms with van der Waals surface area (Å²) in [6.45, 7) is 5.50. The van der Waals surface area contributed by atoms with Gasteiger partial charge in [-0.25, -0.2) is 4.39 Å². The molecule has 0 unspecified atom stereocenters. The van der Waals surface area contributed by atoms with Crippen molar-refractivity contribution in [2.75, 3.05) is 11.9 Å². The number of hydrogen-bond acceptors (Lipinski definition) is 1. The van der Waals surface area contributed by atoms with Crippen LogP contribution < -0.4 is 5.32 Å². The molecule has 1 N–H and O–H groups in total. The molecule has 1 heterocycles. The second-order valence-electron chi connectivity index (χ2n) is 5.92. The maximum Gasteiger partial charge on any atom is 0.123 e. The zero-order valence-corrected chi connectivity index (χ0v) is 11.3. The van der Waals surface area contributed by atoms with Crippen LogP contribution in [0.5, 0.6) is 0 Å². The summed E-state index contributed by atoms with van der Waals surface area (Å²) in [5.74, 6) is -0.180. The number of fused-ring (bicyclic) bond motifs is 1. The van der Waals surface area contributed by atoms with Crippen molar-refractivity contribution >= 4 is 5.69 Å². The number of nitrogens with one attached hydrogen (secondary N) is 1. The largest absolute Gasteiger partial charge is 0.384 e. The molecule has 0 bridgehead atoms. The lowest BCUT2D eigenvalue weighted by atomic mass is 9.86. The Labute approximate surface area is 113 Å². The molecular weight excluding hydrogens is 237 g/mol. The molecule has 1 nitrogen and oxygen atoms in total. The molecule has 0 aromatic heterocycles. The standard InChI is InChI=1S/C17H18FN/c1-17(2)11-19-16-10-13(5-8-15(16)17)9-12-3-6-14(18)7-4-12/h3-8,10,19H,9,11H2,1-2H3. The van der Waals surface area contributed by atoms with Crippen molar-refractivity contribution < 1.29 is 4.39 Å². The first-order chi connectivity index (χ1) is 9.04. The predicted molar refractivity (Wildman–Crippen MR) is 77.2 cm³/mol. The van der Waals surface area contributed by atoms with E-state index in [1.807, 2.05) is 12.1 Å². The van der Waals surface area contributed by atoms with E-state index in [0.717, 1.165) is 18.5 Å². The van der Waals surface area contributed by atoms with Gasteiger partial charge in [-0.2, -0.15) is 0 Å². The lowest BCUT2D eigenvalue weighted by Crippen LogP contribution is -2.18. The fourth-order valence-corrected chi connectivity index (χ4v) is 2.69. The van der Waals surface area contributed by atoms with Gasteiger partial charge in [0.15, 0.2) is 0 Å². The summed E-state index contributed by atoms with van der Waals surface area (Å²) in [5, 5.41) is 3.47. The summed E-state index contributed by atoms with van der Waals surface area (Å²) in [5.41, 5.74) is 5.23. The van der Waals surface area contributed by atoms with E-state index in [1.54, 1.807) is 0 Å². The van der Waals surface area contributed by atoms with Gasteiger partial charge in [-0.1, -0.05) is 38.1 Å². The van der Waals surface area contributed by atoms with E-state index < -0.39 is 0 Å². The van der Waals surface area contributed by atoms with Gasteiger partial charge in [0, 0.05) is 17.6 Å². The Bertz CT molecular complexity index is 599. The van der Waals surface area contributed by atoms with Crippen LogP contribution in [-0.2, 0) is 11.8 Å². The van der Waals surface area contributed by atoms with Crippen LogP contribution in [0.4, 0.5) is 10.1 Å². The summed E-state index contributed by atoms with van der Waals surface area (Å²) in [4.78, 5) is 0. The highest BCUT2D eigenvalue weighted by Gasteiger charge is 2.29. The van der Waals surface area contributed by atoms with Crippen molar-refractivity contribution in [1.29, 1.82) is 0 Å². The van der Waals surface area contributed by atoms with Crippen molar-refractivity contribution in [1.82, 2.24) is 0 Å². The van der Waals surface area contributed by atoms with Crippen LogP contribution in [-0.4, -0.2) is 6.54 Å². The normalized spacial score (nSPS) is 15.9. The maximum atomic E-state index is 12.9. The van der Waals surface area contributed by atoms with Crippen LogP contribution in [0.2, 0.25) is 0 Å². The predicted octanol–water partition coefficient (Wildman–Crippen LogP) is 4.12. The van der Waals surface area contributed by atoms with Gasteiger partial charge in [-0.15, -0.1) is 0 Å². The van der Waals surface area contributed by atoms with Gasteiger partial charge in [0.25, 0.3) is 0 Å². The number of benzene rings is 2. The van der Waals surface area contributed by atoms with Crippen LogP contribution in [0.25, 0.3) is 0 Å². The Kier molecular flexibility index (Phi) is 2.81. The molecular formula is C17H18FN. The van der Waals surface area contributed by atoms with Crippen LogP contribution >= 0.6 is 0 Å². The lowest BCUT2D eigenvalue weighted by molar-refractivity contribution is 0.586. The minimum Gasteiger partial charge on any atom is -0.384 e. The molecule has 0 atom stereocenters. The zero-order valence-electron chi connectivity index (χ0n) is 11.3. The first-order valence-corrected chi connectivity index (χ1v) is 6.66. The molecule has 0 radical (unpaired) electrons. The van der Waals surface area contributed by atoms with Gasteiger partial charge >= 0.3 is 0 Å². The third kappa shape index (κ3) is 2.35. The SMILES string of the molecule is CC1(C)CNc2cc(Cc3ccc(F)cc3)ccc21. The molecule has 2 heteroatoms. The van der Waals surface area contributed by atoms with Crippen molar-refractivity contribution in [3.8, 4) is 0 Å². The van der Waals surface area contributed by atoms with Crippen LogP contribution in [0.3, 0.4) is 0 Å². The Morgan fingerprint density at radius 1 is 1.05 bits per heavy atom. The average molecular weight is 255 g/mol. The van der Waals surface area contributed by atoms with Crippen LogP contribution in [0, 0.1) is 5.82 Å². The second kappa shape index (κ2) is 4.37. The van der Waals surface area contributed by atoms with Gasteiger partial charge in [0.05, 0.1) is 0 Å². The molecule has 2 aromatic carbocycles. The first kappa shape index (κ1) is 12.2. The fourth-order valence-electron chi connectivity index (χ4n) is 2.69. The topological polar surface area (TPSA) is 12.0 Å². The highest BCUT2D eigenvalue weighted by atomic mass is 19.1. The van der Waals surface area contributed by atoms with E-state index in [9.17, 15) is 4.39 Å². The van der Waals surface area contributed by atoms with Crippen LogP contribution in [0.1, 0.15) is 30.5 Å². The Morgan fingerprint density at radius 2 is 1.74 bits per heavy atom. The number of anilines is 1. The van der Waals surface area contributed by atoms with E-state index in [2.05, 4.69) is 37.4 Å². The summed E-state index contributed by atoms with van der Waals surface area (Å²) in [6.07, 6.45) is 0.843. The highest BCUT2D eigenvalue weighted by Crippen LogP contribution is 2.36. The summed E-state index contributed by atoms with van der Waals surface area (Å²) in [7, 11) is 0. The lowest BCUT2D eigenvalue weighted by Gasteiger charge is -2.17. The molecule has 0 fully saturated rings. The number of halogens is 1. The fraction of sp³-hybridized carbons (Fsp3) is 0.294. The number of hydrogen-bond donors (Lipinski definition) is 1. The number of rotatable bonds is 2. The van der Waals surface area contributed by atoms with Crippen molar-refractivity contribution in [3.63, 3.8) is 0 Å². The second-order valence-corrected chi connectivity index (χ2v) is 5.92. The average Bonchev–Trinajstić information content (AvgIpc) is 2.68. The van der Waals surface area contributed by atoms with E-state index in [4.69, 9.17) is 0 Å². The summed E-state index contributed by atoms with van der Waals surface area (Å²) >= 11 is 0. The third-order valence-corrected chi connectivity index (χ3v) is 3.86.